The van der Waals surface area contributed by atoms with Crippen LogP contribution in [0.3, 0.4) is 0 Å². The molecule has 8 rings (SSSR count). The number of pyridine rings is 2. The lowest BCUT2D eigenvalue weighted by molar-refractivity contribution is -0.139. The molecule has 0 amide bonds. The maximum atomic E-state index is 16.7. The molecule has 6 heterocycles. The summed E-state index contributed by atoms with van der Waals surface area (Å²) in [5.41, 5.74) is -3.67. The molecule has 0 radical (unpaired) electrons. The van der Waals surface area contributed by atoms with E-state index in [0.717, 1.165) is 37.6 Å². The molecule has 2 aromatic heterocycles. The molecule has 2 N–H and O–H groups in total. The van der Waals surface area contributed by atoms with Crippen LogP contribution in [0.1, 0.15) is 37.7 Å². The van der Waals surface area contributed by atoms with Gasteiger partial charge in [-0.25, -0.2) is 22.5 Å². The van der Waals surface area contributed by atoms with Gasteiger partial charge in [0.1, 0.15) is 35.3 Å². The van der Waals surface area contributed by atoms with E-state index in [1.807, 2.05) is 4.90 Å². The van der Waals surface area contributed by atoms with Crippen molar-refractivity contribution in [2.75, 3.05) is 37.7 Å². The fourth-order valence-electron chi connectivity index (χ4n) is 8.23. The summed E-state index contributed by atoms with van der Waals surface area (Å²) in [5, 5.41) is 13.2. The summed E-state index contributed by atoms with van der Waals surface area (Å²) < 4.78 is 112. The van der Waals surface area contributed by atoms with Gasteiger partial charge >= 0.3 is 6.18 Å². The molecule has 0 saturated carbocycles. The largest absolute Gasteiger partial charge is 0.508 e. The molecular formula is C33H30F7N5O2. The van der Waals surface area contributed by atoms with Gasteiger partial charge < -0.3 is 20.1 Å². The third-order valence-corrected chi connectivity index (χ3v) is 10.2. The van der Waals surface area contributed by atoms with Crippen molar-refractivity contribution >= 4 is 27.4 Å². The number of nitrogens with one attached hydrogen (secondary N) is 1. The number of aromatic nitrogens is 2. The van der Waals surface area contributed by atoms with Crippen LogP contribution in [0, 0.1) is 17.5 Å². The molecule has 4 aromatic rings. The van der Waals surface area contributed by atoms with Gasteiger partial charge in [-0.2, -0.15) is 13.2 Å². The predicted molar refractivity (Wildman–Crippen MR) is 160 cm³/mol. The van der Waals surface area contributed by atoms with E-state index in [1.165, 1.54) is 12.1 Å². The molecule has 0 unspecified atom stereocenters. The number of rotatable bonds is 5. The number of piperazine rings is 1. The number of fused-ring (bicyclic) bond motifs is 5. The molecule has 0 spiro atoms. The fourth-order valence-corrected chi connectivity index (χ4v) is 8.23. The Morgan fingerprint density at radius 2 is 1.81 bits per heavy atom. The predicted octanol–water partition coefficient (Wildman–Crippen LogP) is 6.49. The number of nitrogens with zero attached hydrogens (tertiary/aromatic N) is 4. The van der Waals surface area contributed by atoms with Crippen LogP contribution in [0.25, 0.3) is 32.9 Å². The summed E-state index contributed by atoms with van der Waals surface area (Å²) in [6.45, 7) is 0.903. The number of hydrogen-bond donors (Lipinski definition) is 2. The summed E-state index contributed by atoms with van der Waals surface area (Å²) in [6, 6.07) is 4.10. The highest BCUT2D eigenvalue weighted by atomic mass is 19.4. The van der Waals surface area contributed by atoms with E-state index >= 15 is 22.0 Å². The van der Waals surface area contributed by atoms with E-state index < -0.39 is 58.0 Å². The van der Waals surface area contributed by atoms with Crippen molar-refractivity contribution in [3.8, 4) is 22.9 Å². The number of anilines is 1. The maximum Gasteiger partial charge on any atom is 0.423 e. The van der Waals surface area contributed by atoms with Gasteiger partial charge in [-0.1, -0.05) is 6.07 Å². The van der Waals surface area contributed by atoms with Crippen LogP contribution >= 0.6 is 0 Å². The summed E-state index contributed by atoms with van der Waals surface area (Å²) in [4.78, 5) is 11.7. The minimum Gasteiger partial charge on any atom is -0.508 e. The quantitative estimate of drug-likeness (QED) is 0.237. The Morgan fingerprint density at radius 1 is 1.04 bits per heavy atom. The lowest BCUT2D eigenvalue weighted by Crippen LogP contribution is -2.51. The Bertz CT molecular complexity index is 1910. The van der Waals surface area contributed by atoms with Gasteiger partial charge in [0.2, 0.25) is 5.88 Å². The van der Waals surface area contributed by atoms with Crippen molar-refractivity contribution in [3.05, 3.63) is 53.5 Å². The maximum absolute atomic E-state index is 16.7. The van der Waals surface area contributed by atoms with Crippen LogP contribution in [0.5, 0.6) is 11.6 Å². The van der Waals surface area contributed by atoms with Gasteiger partial charge in [0.25, 0.3) is 0 Å². The topological polar surface area (TPSA) is 73.8 Å². The third-order valence-electron chi connectivity index (χ3n) is 10.2. The Labute approximate surface area is 264 Å². The molecule has 0 aliphatic carbocycles. The second-order valence-electron chi connectivity index (χ2n) is 13.2. The first-order valence-electron chi connectivity index (χ1n) is 15.7. The summed E-state index contributed by atoms with van der Waals surface area (Å²) in [6.07, 6.45) is -2.17. The van der Waals surface area contributed by atoms with E-state index in [2.05, 4.69) is 15.3 Å². The van der Waals surface area contributed by atoms with Crippen molar-refractivity contribution < 1.29 is 40.6 Å². The molecule has 4 atom stereocenters. The Morgan fingerprint density at radius 3 is 2.55 bits per heavy atom. The van der Waals surface area contributed by atoms with Crippen molar-refractivity contribution in [2.24, 2.45) is 0 Å². The lowest BCUT2D eigenvalue weighted by Gasteiger charge is -2.37. The second-order valence-corrected chi connectivity index (χ2v) is 13.2. The van der Waals surface area contributed by atoms with Crippen LogP contribution in [0.15, 0.2) is 30.5 Å². The molecule has 4 aliphatic heterocycles. The van der Waals surface area contributed by atoms with E-state index in [9.17, 15) is 13.9 Å². The van der Waals surface area contributed by atoms with Crippen molar-refractivity contribution in [2.45, 2.75) is 62.1 Å². The summed E-state index contributed by atoms with van der Waals surface area (Å²) in [7, 11) is 0. The standard InChI is InChI=1S/C33H30F7N5O2/c34-17-10-32(6-1-7-45(32)12-17)15-47-31-25(33(38,39)40)30(44-13-18-3-4-19(14-44)42-18)22-11-41-28(27(37)29(22)43-31)21-9-20(46)8-16-2-5-23(35)26(36)24(16)21/h2,5,8-9,11,17-19,42,46H,1,3-4,6-7,10,12-15H2/t17-,18-,19+,32+/m1/s1. The SMILES string of the molecule is Oc1cc(-c2ncc3c(N4C[C@H]5CC[C@@H](C4)N5)c(C(F)(F)F)c(OC[C@@]45CCCN4C[C@H](F)C5)nc3c2F)c2c(F)c(F)ccc2c1. The number of phenolic OH excluding ortho intramolecular Hbond substituents is 1. The molecule has 4 fully saturated rings. The Hall–Kier alpha value is -3.91. The van der Waals surface area contributed by atoms with E-state index in [-0.39, 0.29) is 77.9 Å². The molecule has 4 aliphatic rings. The van der Waals surface area contributed by atoms with Crippen LogP contribution in [-0.4, -0.2) is 76.6 Å². The molecule has 2 bridgehead atoms. The Kier molecular flexibility index (Phi) is 7.00. The van der Waals surface area contributed by atoms with Crippen LogP contribution in [0.4, 0.5) is 36.4 Å². The third kappa shape index (κ3) is 4.93. The highest BCUT2D eigenvalue weighted by Crippen LogP contribution is 2.49. The van der Waals surface area contributed by atoms with Crippen LogP contribution < -0.4 is 15.0 Å². The van der Waals surface area contributed by atoms with Gasteiger partial charge in [0, 0.05) is 60.7 Å². The summed E-state index contributed by atoms with van der Waals surface area (Å²) in [5.74, 6) is -4.94. The van der Waals surface area contributed by atoms with Crippen LogP contribution in [-0.2, 0) is 6.18 Å². The minimum absolute atomic E-state index is 0.0599. The van der Waals surface area contributed by atoms with Crippen molar-refractivity contribution in [1.29, 1.82) is 0 Å². The van der Waals surface area contributed by atoms with Gasteiger partial charge in [-0.05, 0) is 55.8 Å². The zero-order valence-electron chi connectivity index (χ0n) is 25.0. The zero-order chi connectivity index (χ0) is 32.8. The summed E-state index contributed by atoms with van der Waals surface area (Å²) >= 11 is 0. The first kappa shape index (κ1) is 30.4. The first-order valence-corrected chi connectivity index (χ1v) is 15.7. The number of halogens is 7. The van der Waals surface area contributed by atoms with Gasteiger partial charge in [-0.3, -0.25) is 9.88 Å². The van der Waals surface area contributed by atoms with Gasteiger partial charge in [-0.15, -0.1) is 0 Å². The van der Waals surface area contributed by atoms with Crippen LogP contribution in [0.2, 0.25) is 0 Å². The van der Waals surface area contributed by atoms with E-state index in [0.29, 0.717) is 13.0 Å². The lowest BCUT2D eigenvalue weighted by atomic mass is 9.95. The van der Waals surface area contributed by atoms with Gasteiger partial charge in [0.15, 0.2) is 17.5 Å². The average molecular weight is 662 g/mol. The second kappa shape index (κ2) is 10.8. The molecule has 14 heteroatoms. The molecule has 248 valence electrons. The number of phenols is 1. The first-order chi connectivity index (χ1) is 22.4. The smallest absolute Gasteiger partial charge is 0.423 e. The molecule has 2 aromatic carbocycles. The highest BCUT2D eigenvalue weighted by molar-refractivity contribution is 6.01. The van der Waals surface area contributed by atoms with E-state index in [4.69, 9.17) is 4.74 Å². The normalized spacial score (nSPS) is 26.1. The molecule has 4 saturated heterocycles. The number of alkyl halides is 4. The minimum atomic E-state index is -4.97. The number of benzene rings is 2. The molecule has 47 heavy (non-hydrogen) atoms. The fraction of sp³-hybridized carbons (Fsp3) is 0.455. The van der Waals surface area contributed by atoms with Crippen molar-refractivity contribution in [3.63, 3.8) is 0 Å². The number of hydrogen-bond acceptors (Lipinski definition) is 7. The highest BCUT2D eigenvalue weighted by Gasteiger charge is 2.50. The zero-order valence-corrected chi connectivity index (χ0v) is 25.0. The average Bonchev–Trinajstić information content (AvgIpc) is 3.66. The number of ether oxygens (including phenoxy) is 1. The monoisotopic (exact) mass is 661 g/mol. The van der Waals surface area contributed by atoms with E-state index in [1.54, 1.807) is 4.90 Å². The Balaban J connectivity index is 1.35. The molecule has 7 nitrogen and oxygen atoms in total. The number of aromatic hydroxyl groups is 1. The molecular weight excluding hydrogens is 631 g/mol. The van der Waals surface area contributed by atoms with Gasteiger partial charge in [0.05, 0.1) is 11.2 Å². The van der Waals surface area contributed by atoms with Crippen molar-refractivity contribution in [1.82, 2.24) is 20.2 Å².